The lowest BCUT2D eigenvalue weighted by atomic mass is 10.1. The fraction of sp³-hybridized carbons (Fsp3) is 0.182. The van der Waals surface area contributed by atoms with Crippen molar-refractivity contribution >= 4 is 45.5 Å². The highest BCUT2D eigenvalue weighted by Gasteiger charge is 2.16. The Labute approximate surface area is 117 Å². The number of hydrogen-bond donors (Lipinski definition) is 2. The molecule has 2 N–H and O–H groups in total. The van der Waals surface area contributed by atoms with Gasteiger partial charge in [0.2, 0.25) is 0 Å². The minimum Gasteiger partial charge on any atom is -0.506 e. The summed E-state index contributed by atoms with van der Waals surface area (Å²) in [6, 6.07) is 1.48. The Morgan fingerprint density at radius 1 is 1.61 bits per heavy atom. The van der Waals surface area contributed by atoms with Crippen molar-refractivity contribution in [1.82, 2.24) is 4.98 Å². The number of aromatic nitrogens is 1. The van der Waals surface area contributed by atoms with E-state index in [-0.39, 0.29) is 16.3 Å². The summed E-state index contributed by atoms with van der Waals surface area (Å²) >= 11 is 8.98. The Morgan fingerprint density at radius 2 is 2.28 bits per heavy atom. The zero-order valence-corrected chi connectivity index (χ0v) is 11.7. The third-order valence-electron chi connectivity index (χ3n) is 1.95. The Bertz CT molecular complexity index is 529. The van der Waals surface area contributed by atoms with Gasteiger partial charge in [0.15, 0.2) is 0 Å². The van der Waals surface area contributed by atoms with Crippen molar-refractivity contribution in [2.75, 3.05) is 6.54 Å². The first-order valence-corrected chi connectivity index (χ1v) is 6.12. The molecular formula is C11H10BrClN2O3. The van der Waals surface area contributed by atoms with E-state index in [1.807, 2.05) is 0 Å². The molecule has 0 aliphatic rings. The van der Waals surface area contributed by atoms with Crippen LogP contribution >= 0.6 is 27.5 Å². The molecule has 0 atom stereocenters. The Hall–Kier alpha value is -1.40. The Morgan fingerprint density at radius 3 is 2.83 bits per heavy atom. The van der Waals surface area contributed by atoms with Crippen LogP contribution in [0.5, 0.6) is 0 Å². The first-order chi connectivity index (χ1) is 8.47. The minimum absolute atomic E-state index is 0.0133. The smallest absolute Gasteiger partial charge is 0.341 e. The van der Waals surface area contributed by atoms with Crippen LogP contribution in [0.2, 0.25) is 5.15 Å². The van der Waals surface area contributed by atoms with E-state index in [1.54, 1.807) is 6.92 Å². The summed E-state index contributed by atoms with van der Waals surface area (Å²) in [5.41, 5.74) is -0.204. The first kappa shape index (κ1) is 14.7. The van der Waals surface area contributed by atoms with Gasteiger partial charge in [0.05, 0.1) is 5.56 Å². The van der Waals surface area contributed by atoms with Crippen LogP contribution in [0.1, 0.15) is 12.5 Å². The molecule has 0 amide bonds. The van der Waals surface area contributed by atoms with Crippen LogP contribution in [0.25, 0.3) is 5.76 Å². The predicted molar refractivity (Wildman–Crippen MR) is 73.2 cm³/mol. The average Bonchev–Trinajstić information content (AvgIpc) is 2.32. The fourth-order valence-corrected chi connectivity index (χ4v) is 1.66. The van der Waals surface area contributed by atoms with Crippen LogP contribution in [0.3, 0.4) is 0 Å². The third kappa shape index (κ3) is 3.54. The van der Waals surface area contributed by atoms with Crippen molar-refractivity contribution in [3.8, 4) is 0 Å². The van der Waals surface area contributed by atoms with Gasteiger partial charge in [-0.3, -0.25) is 4.99 Å². The molecule has 0 saturated heterocycles. The van der Waals surface area contributed by atoms with Crippen molar-refractivity contribution < 1.29 is 15.0 Å². The summed E-state index contributed by atoms with van der Waals surface area (Å²) in [6.07, 6.45) is 2.54. The lowest BCUT2D eigenvalue weighted by molar-refractivity contribution is -0.132. The average molecular weight is 334 g/mol. The number of halogens is 2. The van der Waals surface area contributed by atoms with Crippen molar-refractivity contribution in [3.05, 3.63) is 33.0 Å². The van der Waals surface area contributed by atoms with E-state index in [9.17, 15) is 9.90 Å². The molecule has 1 aromatic heterocycles. The van der Waals surface area contributed by atoms with E-state index >= 15 is 0 Å². The molecule has 0 bridgehead atoms. The van der Waals surface area contributed by atoms with Crippen LogP contribution in [0.15, 0.2) is 27.3 Å². The van der Waals surface area contributed by atoms with Crippen molar-refractivity contribution in [2.45, 2.75) is 6.92 Å². The van der Waals surface area contributed by atoms with Crippen LogP contribution in [0, 0.1) is 0 Å². The molecule has 1 aromatic rings. The van der Waals surface area contributed by atoms with Crippen molar-refractivity contribution in [1.29, 1.82) is 0 Å². The van der Waals surface area contributed by atoms with Gasteiger partial charge in [-0.15, -0.1) is 0 Å². The summed E-state index contributed by atoms with van der Waals surface area (Å²) in [5.74, 6) is -1.76. The number of aliphatic hydroxyl groups excluding tert-OH is 1. The zero-order chi connectivity index (χ0) is 13.7. The maximum absolute atomic E-state index is 11.0. The molecule has 0 aromatic carbocycles. The first-order valence-electron chi connectivity index (χ1n) is 4.95. The Kier molecular flexibility index (Phi) is 5.30. The lowest BCUT2D eigenvalue weighted by Gasteiger charge is -2.05. The molecule has 0 radical (unpaired) electrons. The maximum Gasteiger partial charge on any atom is 0.341 e. The van der Waals surface area contributed by atoms with E-state index in [0.29, 0.717) is 11.0 Å². The molecule has 7 heteroatoms. The van der Waals surface area contributed by atoms with E-state index in [1.165, 1.54) is 12.3 Å². The molecular weight excluding hydrogens is 323 g/mol. The number of nitrogens with zero attached hydrogens (tertiary/aromatic N) is 2. The minimum atomic E-state index is -1.29. The molecule has 18 heavy (non-hydrogen) atoms. The number of pyridine rings is 1. The largest absolute Gasteiger partial charge is 0.506 e. The lowest BCUT2D eigenvalue weighted by Crippen LogP contribution is -2.06. The van der Waals surface area contributed by atoms with Gasteiger partial charge in [-0.05, 0) is 28.9 Å². The second-order valence-electron chi connectivity index (χ2n) is 3.19. The summed E-state index contributed by atoms with van der Waals surface area (Å²) in [6.45, 7) is 2.16. The number of rotatable bonds is 4. The standard InChI is InChI=1S/C11H10BrClN2O3/c1-2-14-5-8(11(17)18)9(16)7-3-6(12)4-15-10(7)13/h3-5,16H,2H2,1H3,(H,17,18). The van der Waals surface area contributed by atoms with Crippen LogP contribution in [-0.2, 0) is 4.79 Å². The molecule has 0 spiro atoms. The monoisotopic (exact) mass is 332 g/mol. The molecule has 5 nitrogen and oxygen atoms in total. The second-order valence-corrected chi connectivity index (χ2v) is 4.46. The highest BCUT2D eigenvalue weighted by atomic mass is 79.9. The molecule has 1 heterocycles. The van der Waals surface area contributed by atoms with Gasteiger partial charge < -0.3 is 10.2 Å². The number of aliphatic hydroxyl groups is 1. The molecule has 96 valence electrons. The number of aliphatic carboxylic acids is 1. The number of carboxylic acids is 1. The molecule has 0 aliphatic heterocycles. The third-order valence-corrected chi connectivity index (χ3v) is 2.68. The van der Waals surface area contributed by atoms with Crippen LogP contribution < -0.4 is 0 Å². The molecule has 0 fully saturated rings. The highest BCUT2D eigenvalue weighted by molar-refractivity contribution is 9.10. The number of carbonyl (C=O) groups is 1. The summed E-state index contributed by atoms with van der Waals surface area (Å²) in [4.78, 5) is 18.6. The molecule has 0 saturated carbocycles. The number of aliphatic imine (C=N–C) groups is 1. The van der Waals surface area contributed by atoms with E-state index < -0.39 is 11.7 Å². The predicted octanol–water partition coefficient (Wildman–Crippen LogP) is 2.94. The molecule has 1 rings (SSSR count). The molecule has 0 aliphatic carbocycles. The van der Waals surface area contributed by atoms with Crippen LogP contribution in [0.4, 0.5) is 0 Å². The van der Waals surface area contributed by atoms with Gasteiger partial charge in [0, 0.05) is 23.4 Å². The fourth-order valence-electron chi connectivity index (χ4n) is 1.13. The normalized spacial score (nSPS) is 12.6. The van der Waals surface area contributed by atoms with Gasteiger partial charge in [-0.25, -0.2) is 9.78 Å². The quantitative estimate of drug-likeness (QED) is 0.384. The highest BCUT2D eigenvalue weighted by Crippen LogP contribution is 2.25. The maximum atomic E-state index is 11.0. The van der Waals surface area contributed by atoms with Gasteiger partial charge in [0.1, 0.15) is 16.5 Å². The van der Waals surface area contributed by atoms with Crippen LogP contribution in [-0.4, -0.2) is 33.9 Å². The Balaban J connectivity index is 3.38. The van der Waals surface area contributed by atoms with Crippen molar-refractivity contribution in [3.63, 3.8) is 0 Å². The molecule has 0 unspecified atom stereocenters. The SMILES string of the molecule is CCN=CC(C(=O)O)=C(O)c1cc(Br)cnc1Cl. The van der Waals surface area contributed by atoms with Gasteiger partial charge in [0.25, 0.3) is 0 Å². The zero-order valence-electron chi connectivity index (χ0n) is 9.39. The second kappa shape index (κ2) is 6.51. The summed E-state index contributed by atoms with van der Waals surface area (Å²) in [7, 11) is 0. The van der Waals surface area contributed by atoms with Crippen molar-refractivity contribution in [2.24, 2.45) is 4.99 Å². The summed E-state index contributed by atoms with van der Waals surface area (Å²) < 4.78 is 0.575. The van der Waals surface area contributed by atoms with Gasteiger partial charge in [-0.1, -0.05) is 11.6 Å². The van der Waals surface area contributed by atoms with E-state index in [2.05, 4.69) is 25.9 Å². The number of hydrogen-bond acceptors (Lipinski definition) is 4. The summed E-state index contributed by atoms with van der Waals surface area (Å²) in [5, 5.41) is 19.0. The van der Waals surface area contributed by atoms with E-state index in [4.69, 9.17) is 16.7 Å². The van der Waals surface area contributed by atoms with Gasteiger partial charge in [-0.2, -0.15) is 0 Å². The van der Waals surface area contributed by atoms with E-state index in [0.717, 1.165) is 6.21 Å². The topological polar surface area (TPSA) is 82.8 Å². The van der Waals surface area contributed by atoms with Gasteiger partial charge >= 0.3 is 5.97 Å². The number of carboxylic acid groups (broad SMARTS) is 1.